The zero-order chi connectivity index (χ0) is 20.7. The maximum Gasteiger partial charge on any atom is 0.0642 e. The molecule has 0 spiro atoms. The minimum Gasteiger partial charge on any atom is -0.141 e. The van der Waals surface area contributed by atoms with Crippen molar-refractivity contribution in [2.75, 3.05) is 0 Å². The summed E-state index contributed by atoms with van der Waals surface area (Å²) >= 11 is 9.64. The van der Waals surface area contributed by atoms with Gasteiger partial charge in [-0.2, -0.15) is 0 Å². The second-order valence-corrected chi connectivity index (χ2v) is 13.6. The highest BCUT2D eigenvalue weighted by Crippen LogP contribution is 2.51. The Balaban J connectivity index is 1.42. The average molecular weight is 489 g/mol. The molecule has 0 aliphatic carbocycles. The molecule has 5 heteroatoms. The summed E-state index contributed by atoms with van der Waals surface area (Å²) < 4.78 is 8.64. The first-order valence-corrected chi connectivity index (χ1v) is 14.2. The summed E-state index contributed by atoms with van der Waals surface area (Å²) in [6.07, 6.45) is 0. The number of benzene rings is 2. The van der Waals surface area contributed by atoms with Gasteiger partial charge >= 0.3 is 0 Å². The summed E-state index contributed by atoms with van der Waals surface area (Å²) in [6, 6.07) is 22.9. The summed E-state index contributed by atoms with van der Waals surface area (Å²) in [5, 5.41) is 2.81. The zero-order valence-corrected chi connectivity index (χ0v) is 20.9. The van der Waals surface area contributed by atoms with E-state index in [4.69, 9.17) is 0 Å². The van der Waals surface area contributed by atoms with Crippen LogP contribution >= 0.6 is 56.7 Å². The number of hydrogen-bond acceptors (Lipinski definition) is 5. The van der Waals surface area contributed by atoms with Gasteiger partial charge in [0.25, 0.3) is 0 Å². The highest BCUT2D eigenvalue weighted by atomic mass is 32.1. The van der Waals surface area contributed by atoms with Gasteiger partial charge in [-0.05, 0) is 61.4 Å². The van der Waals surface area contributed by atoms with E-state index in [-0.39, 0.29) is 0 Å². The average Bonchev–Trinajstić information content (AvgIpc) is 3.55. The maximum atomic E-state index is 2.38. The number of aryl methyl sites for hydroxylation is 2. The molecule has 0 saturated heterocycles. The van der Waals surface area contributed by atoms with Crippen molar-refractivity contribution in [3.8, 4) is 20.9 Å². The maximum absolute atomic E-state index is 2.38. The van der Waals surface area contributed by atoms with Crippen molar-refractivity contribution in [2.45, 2.75) is 13.8 Å². The smallest absolute Gasteiger partial charge is 0.0642 e. The van der Waals surface area contributed by atoms with E-state index in [0.717, 1.165) is 0 Å². The third kappa shape index (κ3) is 2.81. The molecule has 0 amide bonds. The quantitative estimate of drug-likeness (QED) is 0.227. The molecular formula is C26H16S5. The summed E-state index contributed by atoms with van der Waals surface area (Å²) in [4.78, 5) is 5.46. The zero-order valence-electron chi connectivity index (χ0n) is 16.8. The molecular weight excluding hydrogens is 473 g/mol. The van der Waals surface area contributed by atoms with Crippen molar-refractivity contribution in [2.24, 2.45) is 0 Å². The van der Waals surface area contributed by atoms with Crippen molar-refractivity contribution in [3.63, 3.8) is 0 Å². The SMILES string of the molecule is Cc1ccc(-c2ccc3c(c2)sc2c3sc3c4ccc(-c5ccc(C)s5)cc4sc32)s1. The molecule has 7 aromatic rings. The lowest BCUT2D eigenvalue weighted by atomic mass is 10.1. The fraction of sp³-hybridized carbons (Fsp3) is 0.0769. The molecule has 31 heavy (non-hydrogen) atoms. The molecule has 0 bridgehead atoms. The molecule has 0 N–H and O–H groups in total. The van der Waals surface area contributed by atoms with Crippen molar-refractivity contribution >= 4 is 95.7 Å². The molecule has 5 aromatic heterocycles. The van der Waals surface area contributed by atoms with Crippen molar-refractivity contribution in [1.29, 1.82) is 0 Å². The summed E-state index contributed by atoms with van der Waals surface area (Å²) in [5.41, 5.74) is 2.67. The van der Waals surface area contributed by atoms with Gasteiger partial charge in [-0.25, -0.2) is 0 Å². The van der Waals surface area contributed by atoms with Crippen LogP contribution in [-0.4, -0.2) is 0 Å². The molecule has 0 aliphatic rings. The van der Waals surface area contributed by atoms with Gasteiger partial charge in [0.2, 0.25) is 0 Å². The van der Waals surface area contributed by atoms with Gasteiger partial charge in [0.05, 0.1) is 18.8 Å². The summed E-state index contributed by atoms with van der Waals surface area (Å²) in [7, 11) is 0. The van der Waals surface area contributed by atoms with Crippen molar-refractivity contribution in [1.82, 2.24) is 0 Å². The second-order valence-electron chi connectivity index (χ2n) is 7.87. The standard InChI is InChI=1S/C26H16S5/c1-13-3-9-19(27-13)15-5-7-17-21(11-15)29-25-23(17)31-24-18-8-6-16(12-22(18)30-26(24)25)20-10-4-14(2)28-20/h3-12H,1-2H3. The molecule has 0 fully saturated rings. The number of hydrogen-bond donors (Lipinski definition) is 0. The number of thiophene rings is 5. The Labute approximate surface area is 199 Å². The topological polar surface area (TPSA) is 0 Å². The van der Waals surface area contributed by atoms with Crippen LogP contribution in [0.3, 0.4) is 0 Å². The van der Waals surface area contributed by atoms with Crippen LogP contribution in [0.4, 0.5) is 0 Å². The third-order valence-corrected chi connectivity index (χ3v) is 11.8. The van der Waals surface area contributed by atoms with Crippen molar-refractivity contribution in [3.05, 3.63) is 70.4 Å². The largest absolute Gasteiger partial charge is 0.141 e. The van der Waals surface area contributed by atoms with Crippen LogP contribution in [0.1, 0.15) is 9.75 Å². The first-order chi connectivity index (χ1) is 15.1. The first-order valence-electron chi connectivity index (χ1n) is 10.1. The molecule has 7 rings (SSSR count). The van der Waals surface area contributed by atoms with E-state index in [1.54, 1.807) is 0 Å². The minimum atomic E-state index is 1.34. The number of fused-ring (bicyclic) bond motifs is 7. The molecule has 0 atom stereocenters. The van der Waals surface area contributed by atoms with Gasteiger partial charge in [0.15, 0.2) is 0 Å². The van der Waals surface area contributed by atoms with Crippen LogP contribution in [-0.2, 0) is 0 Å². The van der Waals surface area contributed by atoms with Gasteiger partial charge in [0, 0.05) is 39.7 Å². The van der Waals surface area contributed by atoms with Crippen LogP contribution in [0.5, 0.6) is 0 Å². The van der Waals surface area contributed by atoms with E-state index < -0.39 is 0 Å². The Morgan fingerprint density at radius 2 is 0.935 bits per heavy atom. The fourth-order valence-corrected chi connectivity index (χ4v) is 10.3. The highest BCUT2D eigenvalue weighted by Gasteiger charge is 2.17. The van der Waals surface area contributed by atoms with E-state index in [9.17, 15) is 0 Å². The van der Waals surface area contributed by atoms with E-state index in [1.165, 1.54) is 69.6 Å². The molecule has 0 aliphatic heterocycles. The lowest BCUT2D eigenvalue weighted by molar-refractivity contribution is 1.64. The van der Waals surface area contributed by atoms with Crippen LogP contribution in [0.15, 0.2) is 60.7 Å². The lowest BCUT2D eigenvalue weighted by Gasteiger charge is -1.98. The molecule has 150 valence electrons. The fourth-order valence-electron chi connectivity index (χ4n) is 4.24. The third-order valence-electron chi connectivity index (χ3n) is 5.75. The molecule has 0 saturated carbocycles. The lowest BCUT2D eigenvalue weighted by Crippen LogP contribution is -1.71. The van der Waals surface area contributed by atoms with E-state index >= 15 is 0 Å². The van der Waals surface area contributed by atoms with Crippen LogP contribution in [0.2, 0.25) is 0 Å². The van der Waals surface area contributed by atoms with Crippen LogP contribution < -0.4 is 0 Å². The van der Waals surface area contributed by atoms with Gasteiger partial charge < -0.3 is 0 Å². The Bertz CT molecular complexity index is 1630. The van der Waals surface area contributed by atoms with E-state index in [1.807, 2.05) is 56.7 Å². The Morgan fingerprint density at radius 3 is 1.35 bits per heavy atom. The van der Waals surface area contributed by atoms with Gasteiger partial charge in [0.1, 0.15) is 0 Å². The normalized spacial score (nSPS) is 12.2. The summed E-state index contributed by atoms with van der Waals surface area (Å²) in [5.74, 6) is 0. The van der Waals surface area contributed by atoms with Crippen LogP contribution in [0, 0.1) is 13.8 Å². The second kappa shape index (κ2) is 6.74. The predicted molar refractivity (Wildman–Crippen MR) is 146 cm³/mol. The van der Waals surface area contributed by atoms with E-state index in [2.05, 4.69) is 74.5 Å². The Hall–Kier alpha value is -2.02. The highest BCUT2D eigenvalue weighted by molar-refractivity contribution is 7.43. The monoisotopic (exact) mass is 488 g/mol. The summed E-state index contributed by atoms with van der Waals surface area (Å²) in [6.45, 7) is 4.36. The van der Waals surface area contributed by atoms with Gasteiger partial charge in [-0.1, -0.05) is 24.3 Å². The molecule has 0 radical (unpaired) electrons. The molecule has 5 heterocycles. The number of rotatable bonds is 2. The van der Waals surface area contributed by atoms with Crippen molar-refractivity contribution < 1.29 is 0 Å². The Morgan fingerprint density at radius 1 is 0.452 bits per heavy atom. The molecule has 0 unspecified atom stereocenters. The minimum absolute atomic E-state index is 1.34. The van der Waals surface area contributed by atoms with Gasteiger partial charge in [-0.3, -0.25) is 0 Å². The molecule has 2 aromatic carbocycles. The Kier molecular flexibility index (Phi) is 4.03. The van der Waals surface area contributed by atoms with Crippen LogP contribution in [0.25, 0.3) is 59.9 Å². The predicted octanol–water partition coefficient (Wildman–Crippen LogP) is 10.6. The first kappa shape index (κ1) is 18.5. The van der Waals surface area contributed by atoms with E-state index in [0.29, 0.717) is 0 Å². The molecule has 0 nitrogen and oxygen atoms in total. The van der Waals surface area contributed by atoms with Gasteiger partial charge in [-0.15, -0.1) is 56.7 Å².